The van der Waals surface area contributed by atoms with Crippen LogP contribution in [0.15, 0.2) is 36.7 Å². The van der Waals surface area contributed by atoms with E-state index >= 15 is 0 Å². The number of aromatic nitrogens is 5. The first-order chi connectivity index (χ1) is 16.4. The van der Waals surface area contributed by atoms with Crippen LogP contribution in [-0.4, -0.2) is 49.7 Å². The van der Waals surface area contributed by atoms with Gasteiger partial charge in [0.15, 0.2) is 0 Å². The third-order valence-corrected chi connectivity index (χ3v) is 6.25. The highest BCUT2D eigenvalue weighted by Crippen LogP contribution is 2.33. The van der Waals surface area contributed by atoms with E-state index in [1.807, 2.05) is 43.9 Å². The summed E-state index contributed by atoms with van der Waals surface area (Å²) in [5.74, 6) is 1.30. The number of nitriles is 1. The van der Waals surface area contributed by atoms with Crippen molar-refractivity contribution >= 4 is 16.7 Å². The first-order valence-corrected chi connectivity index (χ1v) is 11.2. The zero-order chi connectivity index (χ0) is 23.8. The Morgan fingerprint density at radius 2 is 2.12 bits per heavy atom. The summed E-state index contributed by atoms with van der Waals surface area (Å²) in [7, 11) is 0. The molecular formula is C25H25N7O2. The van der Waals surface area contributed by atoms with Crippen molar-refractivity contribution < 1.29 is 9.84 Å². The van der Waals surface area contributed by atoms with E-state index < -0.39 is 0 Å². The number of aliphatic hydroxyl groups excluding tert-OH is 1. The molecular weight excluding hydrogens is 430 g/mol. The van der Waals surface area contributed by atoms with Gasteiger partial charge < -0.3 is 14.7 Å². The number of fused-ring (bicyclic) bond motifs is 1. The van der Waals surface area contributed by atoms with Crippen LogP contribution in [0, 0.1) is 25.2 Å². The predicted molar refractivity (Wildman–Crippen MR) is 127 cm³/mol. The molecule has 4 aromatic rings. The van der Waals surface area contributed by atoms with Crippen molar-refractivity contribution in [2.45, 2.75) is 39.4 Å². The first kappa shape index (κ1) is 21.8. The minimum absolute atomic E-state index is 0.203. The molecule has 5 rings (SSSR count). The molecule has 1 saturated heterocycles. The Morgan fingerprint density at radius 3 is 2.85 bits per heavy atom. The Hall–Kier alpha value is -4.03. The topological polar surface area (TPSA) is 124 Å². The Morgan fingerprint density at radius 1 is 1.26 bits per heavy atom. The number of β-amino-alcohol motifs (C(OH)–C–C–N with tert-alkyl or cyclic N) is 1. The van der Waals surface area contributed by atoms with Gasteiger partial charge in [0.2, 0.25) is 0 Å². The molecule has 2 N–H and O–H groups in total. The predicted octanol–water partition coefficient (Wildman–Crippen LogP) is 3.61. The zero-order valence-electron chi connectivity index (χ0n) is 19.3. The Labute approximate surface area is 197 Å². The third-order valence-electron chi connectivity index (χ3n) is 6.25. The van der Waals surface area contributed by atoms with Crippen LogP contribution in [0.1, 0.15) is 41.8 Å². The fourth-order valence-electron chi connectivity index (χ4n) is 4.63. The van der Waals surface area contributed by atoms with Crippen LogP contribution < -0.4 is 9.64 Å². The molecule has 2 atom stereocenters. The van der Waals surface area contributed by atoms with E-state index in [0.29, 0.717) is 42.3 Å². The molecule has 1 aromatic carbocycles. The summed E-state index contributed by atoms with van der Waals surface area (Å²) in [5, 5.41) is 36.2. The number of aliphatic hydroxyl groups is 1. The maximum atomic E-state index is 9.85. The molecule has 1 aliphatic rings. The average molecular weight is 456 g/mol. The number of ether oxygens (including phenoxy) is 1. The molecule has 0 aliphatic carbocycles. The van der Waals surface area contributed by atoms with E-state index in [0.717, 1.165) is 33.3 Å². The maximum Gasteiger partial charge on any atom is 0.146 e. The second-order valence-corrected chi connectivity index (χ2v) is 8.66. The highest BCUT2D eigenvalue weighted by Gasteiger charge is 2.24. The van der Waals surface area contributed by atoms with E-state index in [2.05, 4.69) is 31.4 Å². The fraction of sp³-hybridized carbons (Fsp3) is 0.320. The SMILES string of the molecule is Cc1cnnc(C)c1C(C)Oc1ccc2[nH]nc(-c3cnc(N4CC[C@@H](O)C4)c(C#N)c3)c2c1. The molecule has 0 saturated carbocycles. The van der Waals surface area contributed by atoms with Crippen LogP contribution in [0.5, 0.6) is 5.75 Å². The lowest BCUT2D eigenvalue weighted by Gasteiger charge is -2.18. The normalized spacial score (nSPS) is 16.6. The van der Waals surface area contributed by atoms with Gasteiger partial charge in [-0.05, 0) is 57.0 Å². The number of hydrogen-bond acceptors (Lipinski definition) is 8. The van der Waals surface area contributed by atoms with Gasteiger partial charge >= 0.3 is 0 Å². The van der Waals surface area contributed by atoms with Crippen molar-refractivity contribution in [3.05, 3.63) is 59.0 Å². The molecule has 1 fully saturated rings. The minimum Gasteiger partial charge on any atom is -0.486 e. The molecule has 3 aromatic heterocycles. The zero-order valence-corrected chi connectivity index (χ0v) is 19.3. The second-order valence-electron chi connectivity index (χ2n) is 8.66. The number of aryl methyl sites for hydroxylation is 2. The van der Waals surface area contributed by atoms with Gasteiger partial charge in [0.25, 0.3) is 0 Å². The number of anilines is 1. The van der Waals surface area contributed by atoms with Crippen LogP contribution in [0.25, 0.3) is 22.2 Å². The van der Waals surface area contributed by atoms with Gasteiger partial charge in [-0.1, -0.05) is 0 Å². The van der Waals surface area contributed by atoms with Gasteiger partial charge in [0.1, 0.15) is 29.4 Å². The Bertz CT molecular complexity index is 1390. The van der Waals surface area contributed by atoms with Gasteiger partial charge in [0.05, 0.1) is 29.1 Å². The number of benzene rings is 1. The van der Waals surface area contributed by atoms with Gasteiger partial charge in [-0.15, -0.1) is 0 Å². The molecule has 9 nitrogen and oxygen atoms in total. The van der Waals surface area contributed by atoms with Crippen LogP contribution >= 0.6 is 0 Å². The lowest BCUT2D eigenvalue weighted by Crippen LogP contribution is -2.23. The summed E-state index contributed by atoms with van der Waals surface area (Å²) in [6, 6.07) is 9.82. The second kappa shape index (κ2) is 8.72. The van der Waals surface area contributed by atoms with Crippen molar-refractivity contribution in [3.63, 3.8) is 0 Å². The van der Waals surface area contributed by atoms with Crippen LogP contribution in [-0.2, 0) is 0 Å². The van der Waals surface area contributed by atoms with E-state index in [9.17, 15) is 10.4 Å². The van der Waals surface area contributed by atoms with Crippen LogP contribution in [0.2, 0.25) is 0 Å². The molecule has 1 unspecified atom stereocenters. The molecule has 0 spiro atoms. The van der Waals surface area contributed by atoms with Crippen LogP contribution in [0.4, 0.5) is 5.82 Å². The summed E-state index contributed by atoms with van der Waals surface area (Å²) in [5.41, 5.74) is 5.65. The molecule has 1 aliphatic heterocycles. The molecule has 34 heavy (non-hydrogen) atoms. The van der Waals surface area contributed by atoms with E-state index in [1.54, 1.807) is 18.5 Å². The van der Waals surface area contributed by atoms with E-state index in [1.165, 1.54) is 0 Å². The number of nitrogens with one attached hydrogen (secondary N) is 1. The lowest BCUT2D eigenvalue weighted by atomic mass is 10.0. The largest absolute Gasteiger partial charge is 0.486 e. The van der Waals surface area contributed by atoms with E-state index in [4.69, 9.17) is 4.74 Å². The number of H-pyrrole nitrogens is 1. The number of rotatable bonds is 5. The number of nitrogens with zero attached hydrogens (tertiary/aromatic N) is 6. The standard InChI is InChI=1S/C25H25N7O2/c1-14-11-28-29-15(2)23(14)16(3)34-20-4-5-22-21(9-20)24(31-30-22)18-8-17(10-26)25(27-12-18)32-7-6-19(33)13-32/h4-5,8-9,11-12,16,19,33H,6-7,13H2,1-3H3,(H,30,31)/t16?,19-/m1/s1. The number of pyridine rings is 1. The van der Waals surface area contributed by atoms with Crippen molar-refractivity contribution in [1.82, 2.24) is 25.4 Å². The summed E-state index contributed by atoms with van der Waals surface area (Å²) in [4.78, 5) is 6.50. The van der Waals surface area contributed by atoms with Gasteiger partial charge in [-0.3, -0.25) is 5.10 Å². The van der Waals surface area contributed by atoms with Crippen molar-refractivity contribution in [3.8, 4) is 23.1 Å². The third kappa shape index (κ3) is 3.93. The Kier molecular flexibility index (Phi) is 5.59. The Balaban J connectivity index is 1.47. The minimum atomic E-state index is -0.389. The van der Waals surface area contributed by atoms with Crippen molar-refractivity contribution in [2.24, 2.45) is 0 Å². The quantitative estimate of drug-likeness (QED) is 0.468. The van der Waals surface area contributed by atoms with Gasteiger partial charge in [-0.2, -0.15) is 20.6 Å². The highest BCUT2D eigenvalue weighted by molar-refractivity contribution is 5.94. The van der Waals surface area contributed by atoms with Gasteiger partial charge in [0, 0.05) is 35.8 Å². The van der Waals surface area contributed by atoms with Crippen molar-refractivity contribution in [2.75, 3.05) is 18.0 Å². The first-order valence-electron chi connectivity index (χ1n) is 11.2. The molecule has 0 radical (unpaired) electrons. The highest BCUT2D eigenvalue weighted by atomic mass is 16.5. The van der Waals surface area contributed by atoms with E-state index in [-0.39, 0.29) is 12.2 Å². The molecule has 172 valence electrons. The summed E-state index contributed by atoms with van der Waals surface area (Å²) in [6.45, 7) is 7.09. The monoisotopic (exact) mass is 455 g/mol. The summed E-state index contributed by atoms with van der Waals surface area (Å²) in [6.07, 6.45) is 3.55. The summed E-state index contributed by atoms with van der Waals surface area (Å²) >= 11 is 0. The maximum absolute atomic E-state index is 9.85. The molecule has 9 heteroatoms. The molecule has 0 bridgehead atoms. The smallest absolute Gasteiger partial charge is 0.146 e. The summed E-state index contributed by atoms with van der Waals surface area (Å²) < 4.78 is 6.26. The lowest BCUT2D eigenvalue weighted by molar-refractivity contribution is 0.198. The number of hydrogen-bond donors (Lipinski definition) is 2. The average Bonchev–Trinajstić information content (AvgIpc) is 3.44. The molecule has 4 heterocycles. The van der Waals surface area contributed by atoms with Gasteiger partial charge in [-0.25, -0.2) is 4.98 Å². The van der Waals surface area contributed by atoms with Crippen LogP contribution in [0.3, 0.4) is 0 Å². The number of aromatic amines is 1. The van der Waals surface area contributed by atoms with Crippen molar-refractivity contribution in [1.29, 1.82) is 5.26 Å². The molecule has 0 amide bonds. The fourth-order valence-corrected chi connectivity index (χ4v) is 4.63.